The number of sulfone groups is 2. The van der Waals surface area contributed by atoms with Crippen molar-refractivity contribution in [2.45, 2.75) is 31.8 Å². The third-order valence-electron chi connectivity index (χ3n) is 4.65. The minimum atomic E-state index is -3.10. The summed E-state index contributed by atoms with van der Waals surface area (Å²) < 4.78 is 47.3. The van der Waals surface area contributed by atoms with E-state index in [0.29, 0.717) is 18.0 Å². The fraction of sp³-hybridized carbons (Fsp3) is 0.562. The first-order valence-corrected chi connectivity index (χ1v) is 12.5. The van der Waals surface area contributed by atoms with Gasteiger partial charge in [0.2, 0.25) is 0 Å². The molecule has 0 aliphatic carbocycles. The zero-order valence-corrected chi connectivity index (χ0v) is 17.0. The number of rotatable bonds is 4. The van der Waals surface area contributed by atoms with Crippen molar-refractivity contribution >= 4 is 42.7 Å². The molecule has 3 rings (SSSR count). The van der Waals surface area contributed by atoms with Crippen LogP contribution in [0, 0.1) is 6.92 Å². The number of nitrogens with zero attached hydrogens (tertiary/aromatic N) is 1. The molecule has 0 saturated carbocycles. The topological polar surface area (TPSA) is 95.6 Å². The van der Waals surface area contributed by atoms with Crippen LogP contribution in [0.25, 0.3) is 0 Å². The summed E-state index contributed by atoms with van der Waals surface area (Å²) in [5.74, 6) is 0.302. The smallest absolute Gasteiger partial charge is 0.188 e. The first-order chi connectivity index (χ1) is 12.1. The van der Waals surface area contributed by atoms with Gasteiger partial charge < -0.3 is 5.32 Å². The third kappa shape index (κ3) is 4.93. The van der Waals surface area contributed by atoms with Gasteiger partial charge in [-0.15, -0.1) is 0 Å². The average molecular weight is 418 g/mol. The molecule has 144 valence electrons. The van der Waals surface area contributed by atoms with Crippen LogP contribution in [0.3, 0.4) is 0 Å². The molecule has 0 amide bonds. The number of aryl methyl sites for hydroxylation is 1. The predicted octanol–water partition coefficient (Wildman–Crippen LogP) is 0.873. The van der Waals surface area contributed by atoms with Gasteiger partial charge in [0.05, 0.1) is 29.1 Å². The van der Waals surface area contributed by atoms with Crippen molar-refractivity contribution in [2.24, 2.45) is 0 Å². The third-order valence-corrected chi connectivity index (χ3v) is 8.47. The normalized spacial score (nSPS) is 26.5. The Morgan fingerprint density at radius 1 is 1.04 bits per heavy atom. The average Bonchev–Trinajstić information content (AvgIpc) is 3.08. The van der Waals surface area contributed by atoms with Crippen molar-refractivity contribution in [1.82, 2.24) is 10.4 Å². The molecule has 1 aromatic rings. The Bertz CT molecular complexity index is 882. The van der Waals surface area contributed by atoms with E-state index in [-0.39, 0.29) is 35.1 Å². The molecule has 0 radical (unpaired) electrons. The van der Waals surface area contributed by atoms with Gasteiger partial charge in [0.15, 0.2) is 24.8 Å². The highest BCUT2D eigenvalue weighted by atomic mass is 32.2. The molecule has 2 saturated heterocycles. The molecule has 26 heavy (non-hydrogen) atoms. The molecule has 0 bridgehead atoms. The van der Waals surface area contributed by atoms with Crippen LogP contribution in [0.4, 0.5) is 5.69 Å². The Kier molecular flexibility index (Phi) is 5.57. The summed E-state index contributed by atoms with van der Waals surface area (Å²) >= 11 is 5.50. The number of hydrazine groups is 1. The van der Waals surface area contributed by atoms with Crippen LogP contribution in [0.5, 0.6) is 0 Å². The van der Waals surface area contributed by atoms with Gasteiger partial charge in [0.25, 0.3) is 0 Å². The number of benzene rings is 1. The van der Waals surface area contributed by atoms with Gasteiger partial charge >= 0.3 is 0 Å². The highest BCUT2D eigenvalue weighted by Gasteiger charge is 2.37. The van der Waals surface area contributed by atoms with Crippen LogP contribution >= 0.6 is 12.2 Å². The van der Waals surface area contributed by atoms with E-state index in [9.17, 15) is 16.8 Å². The Labute approximate surface area is 160 Å². The molecule has 2 N–H and O–H groups in total. The van der Waals surface area contributed by atoms with Gasteiger partial charge in [-0.25, -0.2) is 22.3 Å². The number of nitrogens with one attached hydrogen (secondary N) is 2. The van der Waals surface area contributed by atoms with E-state index in [1.54, 1.807) is 5.01 Å². The molecule has 2 heterocycles. The monoisotopic (exact) mass is 417 g/mol. The molecular weight excluding hydrogens is 394 g/mol. The van der Waals surface area contributed by atoms with Crippen LogP contribution in [0.1, 0.15) is 18.4 Å². The molecule has 2 aliphatic heterocycles. The zero-order chi connectivity index (χ0) is 18.9. The number of hydrogen-bond donors (Lipinski definition) is 2. The largest absolute Gasteiger partial charge is 0.332 e. The minimum absolute atomic E-state index is 0.00911. The van der Waals surface area contributed by atoms with Crippen molar-refractivity contribution in [3.63, 3.8) is 0 Å². The van der Waals surface area contributed by atoms with Crippen LogP contribution in [0.2, 0.25) is 0 Å². The molecule has 0 unspecified atom stereocenters. The van der Waals surface area contributed by atoms with Crippen molar-refractivity contribution in [2.75, 3.05) is 28.3 Å². The van der Waals surface area contributed by atoms with Crippen molar-refractivity contribution in [3.05, 3.63) is 29.8 Å². The molecule has 0 aromatic heterocycles. The molecule has 2 atom stereocenters. The first kappa shape index (κ1) is 19.5. The van der Waals surface area contributed by atoms with Crippen LogP contribution in [0.15, 0.2) is 24.3 Å². The quantitative estimate of drug-likeness (QED) is 0.550. The van der Waals surface area contributed by atoms with E-state index in [2.05, 4.69) is 10.7 Å². The van der Waals surface area contributed by atoms with E-state index in [1.807, 2.05) is 31.2 Å². The lowest BCUT2D eigenvalue weighted by atomic mass is 10.2. The van der Waals surface area contributed by atoms with E-state index >= 15 is 0 Å². The van der Waals surface area contributed by atoms with Crippen LogP contribution < -0.4 is 10.7 Å². The second-order valence-electron chi connectivity index (χ2n) is 6.95. The van der Waals surface area contributed by atoms with Gasteiger partial charge in [-0.2, -0.15) is 0 Å². The first-order valence-electron chi connectivity index (χ1n) is 8.47. The Morgan fingerprint density at radius 2 is 1.65 bits per heavy atom. The summed E-state index contributed by atoms with van der Waals surface area (Å²) in [4.78, 5) is 0. The second kappa shape index (κ2) is 7.41. The van der Waals surface area contributed by atoms with Gasteiger partial charge in [0.1, 0.15) is 0 Å². The summed E-state index contributed by atoms with van der Waals surface area (Å²) in [6.45, 7) is 1.99. The number of thiocarbonyl (C=S) groups is 1. The van der Waals surface area contributed by atoms with E-state index in [0.717, 1.165) is 11.3 Å². The maximum absolute atomic E-state index is 11.9. The summed E-state index contributed by atoms with van der Waals surface area (Å²) in [6.07, 6.45) is 0.954. The van der Waals surface area contributed by atoms with Gasteiger partial charge in [-0.1, -0.05) is 17.7 Å². The van der Waals surface area contributed by atoms with E-state index < -0.39 is 19.7 Å². The Balaban J connectivity index is 1.75. The lowest BCUT2D eigenvalue weighted by Gasteiger charge is -2.33. The van der Waals surface area contributed by atoms with E-state index in [4.69, 9.17) is 12.2 Å². The van der Waals surface area contributed by atoms with Crippen LogP contribution in [-0.2, 0) is 19.7 Å². The molecule has 1 aromatic carbocycles. The highest BCUT2D eigenvalue weighted by Crippen LogP contribution is 2.20. The summed E-state index contributed by atoms with van der Waals surface area (Å²) in [5.41, 5.74) is 5.09. The maximum atomic E-state index is 11.9. The molecule has 2 aliphatic rings. The summed E-state index contributed by atoms with van der Waals surface area (Å²) in [5, 5.41) is 5.11. The second-order valence-corrected chi connectivity index (χ2v) is 11.8. The number of hydrogen-bond acceptors (Lipinski definition) is 6. The van der Waals surface area contributed by atoms with Gasteiger partial charge in [-0.05, 0) is 44.1 Å². The standard InChI is InChI=1S/C16H23N3O4S3/c1-12-2-4-13(5-3-12)17-16(24)19(15-7-9-26(22,23)11-15)18-14-6-8-25(20,21)10-14/h2-5,14-15,18H,6-11H2,1H3,(H,17,24)/t14-,15-/m0/s1. The molecule has 2 fully saturated rings. The molecule has 10 heteroatoms. The van der Waals surface area contributed by atoms with Gasteiger partial charge in [-0.3, -0.25) is 5.01 Å². The minimum Gasteiger partial charge on any atom is -0.332 e. The lowest BCUT2D eigenvalue weighted by molar-refractivity contribution is 0.220. The Hall–Kier alpha value is -1.23. The maximum Gasteiger partial charge on any atom is 0.188 e. The van der Waals surface area contributed by atoms with Crippen molar-refractivity contribution in [1.29, 1.82) is 0 Å². The van der Waals surface area contributed by atoms with Crippen molar-refractivity contribution < 1.29 is 16.8 Å². The summed E-state index contributed by atoms with van der Waals surface area (Å²) in [6, 6.07) is 7.12. The Morgan fingerprint density at radius 3 is 2.19 bits per heavy atom. The van der Waals surface area contributed by atoms with Crippen molar-refractivity contribution in [3.8, 4) is 0 Å². The number of anilines is 1. The highest BCUT2D eigenvalue weighted by molar-refractivity contribution is 7.92. The van der Waals surface area contributed by atoms with E-state index in [1.165, 1.54) is 0 Å². The van der Waals surface area contributed by atoms with Gasteiger partial charge in [0, 0.05) is 11.7 Å². The molecule has 7 nitrogen and oxygen atoms in total. The SMILES string of the molecule is Cc1ccc(NC(=S)N(N[C@H]2CCS(=O)(=O)C2)[C@H]2CCS(=O)(=O)C2)cc1. The lowest BCUT2D eigenvalue weighted by Crippen LogP contribution is -2.55. The molecule has 0 spiro atoms. The molecular formula is C16H23N3O4S3. The fourth-order valence-corrected chi connectivity index (χ4v) is 6.91. The van der Waals surface area contributed by atoms with Crippen LogP contribution in [-0.4, -0.2) is 62.1 Å². The predicted molar refractivity (Wildman–Crippen MR) is 106 cm³/mol. The summed E-state index contributed by atoms with van der Waals surface area (Å²) in [7, 11) is -6.14. The fourth-order valence-electron chi connectivity index (χ4n) is 3.22. The zero-order valence-electron chi connectivity index (χ0n) is 14.5.